The lowest BCUT2D eigenvalue weighted by molar-refractivity contribution is -0.126. The number of likely N-dealkylation sites (tertiary alicyclic amines) is 1. The Morgan fingerprint density at radius 1 is 1.26 bits per heavy atom. The molecule has 23 heavy (non-hydrogen) atoms. The Morgan fingerprint density at radius 3 is 2.83 bits per heavy atom. The first-order valence-electron chi connectivity index (χ1n) is 8.85. The second-order valence-corrected chi connectivity index (χ2v) is 6.80. The van der Waals surface area contributed by atoms with Crippen LogP contribution in [0.25, 0.3) is 0 Å². The van der Waals surface area contributed by atoms with E-state index in [4.69, 9.17) is 0 Å². The van der Waals surface area contributed by atoms with Gasteiger partial charge in [0.25, 0.3) is 0 Å². The molecular formula is C19H27N3O. The summed E-state index contributed by atoms with van der Waals surface area (Å²) in [6, 6.07) is 3.90. The Morgan fingerprint density at radius 2 is 2.13 bits per heavy atom. The molecule has 1 aliphatic carbocycles. The van der Waals surface area contributed by atoms with Crippen molar-refractivity contribution in [2.45, 2.75) is 38.6 Å². The second kappa shape index (κ2) is 8.25. The first-order valence-corrected chi connectivity index (χ1v) is 8.85. The van der Waals surface area contributed by atoms with Crippen LogP contribution >= 0.6 is 0 Å². The van der Waals surface area contributed by atoms with E-state index in [0.717, 1.165) is 37.4 Å². The van der Waals surface area contributed by atoms with Gasteiger partial charge < -0.3 is 10.2 Å². The molecule has 0 saturated carbocycles. The van der Waals surface area contributed by atoms with Gasteiger partial charge in [0.15, 0.2) is 0 Å². The number of hydrogen-bond acceptors (Lipinski definition) is 3. The number of piperidine rings is 1. The van der Waals surface area contributed by atoms with E-state index in [1.807, 2.05) is 18.3 Å². The molecule has 4 heteroatoms. The van der Waals surface area contributed by atoms with E-state index >= 15 is 0 Å². The minimum absolute atomic E-state index is 0.175. The van der Waals surface area contributed by atoms with Gasteiger partial charge in [0, 0.05) is 31.4 Å². The van der Waals surface area contributed by atoms with Gasteiger partial charge in [-0.1, -0.05) is 18.2 Å². The molecule has 4 nitrogen and oxygen atoms in total. The summed E-state index contributed by atoms with van der Waals surface area (Å²) >= 11 is 0. The summed E-state index contributed by atoms with van der Waals surface area (Å²) in [6.07, 6.45) is 13.9. The Labute approximate surface area is 139 Å². The molecule has 1 saturated heterocycles. The summed E-state index contributed by atoms with van der Waals surface area (Å²) in [4.78, 5) is 18.9. The van der Waals surface area contributed by atoms with Gasteiger partial charge in [-0.15, -0.1) is 0 Å². The maximum Gasteiger partial charge on any atom is 0.223 e. The maximum atomic E-state index is 12.3. The SMILES string of the molecule is O=C(NCc1cccnc1)C1CCN(C[C@@H]2CC=CCC2)CC1. The number of carbonyl (C=O) groups excluding carboxylic acids is 1. The number of pyridine rings is 1. The van der Waals surface area contributed by atoms with Crippen molar-refractivity contribution in [3.63, 3.8) is 0 Å². The van der Waals surface area contributed by atoms with Gasteiger partial charge in [-0.3, -0.25) is 9.78 Å². The van der Waals surface area contributed by atoms with E-state index in [1.54, 1.807) is 6.20 Å². The first kappa shape index (κ1) is 16.2. The molecule has 0 spiro atoms. The van der Waals surface area contributed by atoms with Gasteiger partial charge in [0.2, 0.25) is 5.91 Å². The number of nitrogens with one attached hydrogen (secondary N) is 1. The minimum Gasteiger partial charge on any atom is -0.352 e. The topological polar surface area (TPSA) is 45.2 Å². The monoisotopic (exact) mass is 313 g/mol. The molecule has 1 atom stereocenters. The average molecular weight is 313 g/mol. The zero-order chi connectivity index (χ0) is 15.9. The number of amides is 1. The molecule has 1 aromatic heterocycles. The molecular weight excluding hydrogens is 286 g/mol. The van der Waals surface area contributed by atoms with Crippen LogP contribution in [0.1, 0.15) is 37.7 Å². The zero-order valence-electron chi connectivity index (χ0n) is 13.8. The summed E-state index contributed by atoms with van der Waals surface area (Å²) in [6.45, 7) is 3.91. The van der Waals surface area contributed by atoms with Crippen LogP contribution in [0, 0.1) is 11.8 Å². The summed E-state index contributed by atoms with van der Waals surface area (Å²) in [5.41, 5.74) is 1.06. The third-order valence-corrected chi connectivity index (χ3v) is 5.04. The number of rotatable bonds is 5. The predicted molar refractivity (Wildman–Crippen MR) is 91.7 cm³/mol. The van der Waals surface area contributed by atoms with Crippen molar-refractivity contribution >= 4 is 5.91 Å². The molecule has 1 amide bonds. The van der Waals surface area contributed by atoms with Crippen molar-refractivity contribution < 1.29 is 4.79 Å². The quantitative estimate of drug-likeness (QED) is 0.850. The largest absolute Gasteiger partial charge is 0.352 e. The first-order chi connectivity index (χ1) is 11.3. The highest BCUT2D eigenvalue weighted by molar-refractivity contribution is 5.78. The molecule has 1 N–H and O–H groups in total. The van der Waals surface area contributed by atoms with E-state index in [2.05, 4.69) is 27.4 Å². The highest BCUT2D eigenvalue weighted by atomic mass is 16.1. The zero-order valence-corrected chi connectivity index (χ0v) is 13.8. The lowest BCUT2D eigenvalue weighted by Gasteiger charge is -2.34. The molecule has 0 radical (unpaired) electrons. The van der Waals surface area contributed by atoms with Crippen molar-refractivity contribution in [3.8, 4) is 0 Å². The fourth-order valence-corrected chi connectivity index (χ4v) is 3.60. The van der Waals surface area contributed by atoms with Crippen LogP contribution in [0.5, 0.6) is 0 Å². The Kier molecular flexibility index (Phi) is 5.81. The fourth-order valence-electron chi connectivity index (χ4n) is 3.60. The van der Waals surface area contributed by atoms with Crippen LogP contribution < -0.4 is 5.32 Å². The molecule has 1 fully saturated rings. The van der Waals surface area contributed by atoms with Crippen molar-refractivity contribution in [2.75, 3.05) is 19.6 Å². The molecule has 0 unspecified atom stereocenters. The molecule has 3 rings (SSSR count). The molecule has 2 aliphatic rings. The van der Waals surface area contributed by atoms with Gasteiger partial charge in [0.1, 0.15) is 0 Å². The van der Waals surface area contributed by atoms with E-state index in [9.17, 15) is 4.79 Å². The van der Waals surface area contributed by atoms with Crippen molar-refractivity contribution in [1.29, 1.82) is 0 Å². The number of carbonyl (C=O) groups is 1. The molecule has 2 heterocycles. The Bertz CT molecular complexity index is 521. The van der Waals surface area contributed by atoms with E-state index < -0.39 is 0 Å². The number of nitrogens with zero attached hydrogens (tertiary/aromatic N) is 2. The minimum atomic E-state index is 0.175. The molecule has 0 aromatic carbocycles. The lowest BCUT2D eigenvalue weighted by atomic mass is 9.91. The highest BCUT2D eigenvalue weighted by Crippen LogP contribution is 2.23. The fraction of sp³-hybridized carbons (Fsp3) is 0.579. The van der Waals surface area contributed by atoms with Gasteiger partial charge in [-0.2, -0.15) is 0 Å². The van der Waals surface area contributed by atoms with E-state index in [0.29, 0.717) is 6.54 Å². The summed E-state index contributed by atoms with van der Waals surface area (Å²) in [7, 11) is 0. The maximum absolute atomic E-state index is 12.3. The third-order valence-electron chi connectivity index (χ3n) is 5.04. The van der Waals surface area contributed by atoms with Crippen molar-refractivity contribution in [2.24, 2.45) is 11.8 Å². The smallest absolute Gasteiger partial charge is 0.223 e. The Hall–Kier alpha value is -1.68. The average Bonchev–Trinajstić information content (AvgIpc) is 2.62. The number of aromatic nitrogens is 1. The summed E-state index contributed by atoms with van der Waals surface area (Å²) in [5.74, 6) is 1.19. The van der Waals surface area contributed by atoms with Gasteiger partial charge in [-0.25, -0.2) is 0 Å². The summed E-state index contributed by atoms with van der Waals surface area (Å²) < 4.78 is 0. The predicted octanol–water partition coefficient (Wildman–Crippen LogP) is 2.77. The summed E-state index contributed by atoms with van der Waals surface area (Å²) in [5, 5.41) is 3.06. The van der Waals surface area contributed by atoms with Crippen LogP contribution in [0.15, 0.2) is 36.7 Å². The van der Waals surface area contributed by atoms with Gasteiger partial charge in [0.05, 0.1) is 0 Å². The molecule has 124 valence electrons. The van der Waals surface area contributed by atoms with Crippen LogP contribution in [0.4, 0.5) is 0 Å². The molecule has 1 aromatic rings. The highest BCUT2D eigenvalue weighted by Gasteiger charge is 2.26. The second-order valence-electron chi connectivity index (χ2n) is 6.80. The standard InChI is InChI=1S/C19H27N3O/c23-19(21-14-17-7-4-10-20-13-17)18-8-11-22(12-9-18)15-16-5-2-1-3-6-16/h1-2,4,7,10,13,16,18H,3,5-6,8-9,11-12,14-15H2,(H,21,23)/t16-/m1/s1. The van der Waals surface area contributed by atoms with Crippen LogP contribution in [-0.2, 0) is 11.3 Å². The normalized spacial score (nSPS) is 22.9. The van der Waals surface area contributed by atoms with Crippen molar-refractivity contribution in [3.05, 3.63) is 42.2 Å². The van der Waals surface area contributed by atoms with Gasteiger partial charge in [-0.05, 0) is 62.7 Å². The van der Waals surface area contributed by atoms with Crippen LogP contribution in [0.2, 0.25) is 0 Å². The lowest BCUT2D eigenvalue weighted by Crippen LogP contribution is -2.42. The number of allylic oxidation sites excluding steroid dienone is 2. The Balaban J connectivity index is 1.38. The van der Waals surface area contributed by atoms with Crippen molar-refractivity contribution in [1.82, 2.24) is 15.2 Å². The molecule has 0 bridgehead atoms. The number of hydrogen-bond donors (Lipinski definition) is 1. The third kappa shape index (κ3) is 4.90. The molecule has 1 aliphatic heterocycles. The van der Waals surface area contributed by atoms with E-state index in [-0.39, 0.29) is 11.8 Å². The van der Waals surface area contributed by atoms with E-state index in [1.165, 1.54) is 25.8 Å². The van der Waals surface area contributed by atoms with Crippen LogP contribution in [-0.4, -0.2) is 35.4 Å². The van der Waals surface area contributed by atoms with Gasteiger partial charge >= 0.3 is 0 Å². The van der Waals surface area contributed by atoms with Crippen LogP contribution in [0.3, 0.4) is 0 Å².